The second kappa shape index (κ2) is 3.90. The van der Waals surface area contributed by atoms with Crippen LogP contribution in [0.5, 0.6) is 0 Å². The van der Waals surface area contributed by atoms with Gasteiger partial charge < -0.3 is 10.4 Å². The number of aliphatic hydroxyl groups excluding tert-OH is 1. The largest absolute Gasteiger partial charge is 0.392 e. The van der Waals surface area contributed by atoms with Gasteiger partial charge in [0.05, 0.1) is 6.10 Å². The molecular weight excluding hydrogens is 166 g/mol. The minimum absolute atomic E-state index is 0.0980. The highest BCUT2D eigenvalue weighted by atomic mass is 28.3. The fourth-order valence-electron chi connectivity index (χ4n) is 1.81. The van der Waals surface area contributed by atoms with Crippen LogP contribution in [0, 0.1) is 0 Å². The zero-order chi connectivity index (χ0) is 9.19. The van der Waals surface area contributed by atoms with Crippen molar-refractivity contribution in [2.45, 2.75) is 50.7 Å². The first-order valence-electron chi connectivity index (χ1n) is 4.90. The second-order valence-corrected chi connectivity index (χ2v) is 10.6. The molecule has 1 fully saturated rings. The van der Waals surface area contributed by atoms with Crippen molar-refractivity contribution in [3.63, 3.8) is 0 Å². The molecule has 0 bridgehead atoms. The summed E-state index contributed by atoms with van der Waals surface area (Å²) in [6.07, 6.45) is 2.29. The van der Waals surface area contributed by atoms with Gasteiger partial charge in [-0.05, 0) is 25.4 Å². The van der Waals surface area contributed by atoms with Crippen LogP contribution in [-0.2, 0) is 0 Å². The lowest BCUT2D eigenvalue weighted by Gasteiger charge is -2.24. The van der Waals surface area contributed by atoms with Gasteiger partial charge >= 0.3 is 0 Å². The summed E-state index contributed by atoms with van der Waals surface area (Å²) in [5.74, 6) is 0. The van der Waals surface area contributed by atoms with Crippen LogP contribution < -0.4 is 5.32 Å². The normalized spacial score (nSPS) is 27.5. The summed E-state index contributed by atoms with van der Waals surface area (Å²) >= 11 is 0. The Balaban J connectivity index is 2.31. The van der Waals surface area contributed by atoms with E-state index in [1.807, 2.05) is 0 Å². The molecule has 2 N–H and O–H groups in total. The maximum absolute atomic E-state index is 9.86. The molecule has 2 nitrogen and oxygen atoms in total. The molecule has 0 aromatic rings. The molecule has 0 saturated carbocycles. The third kappa shape index (κ3) is 3.25. The van der Waals surface area contributed by atoms with Gasteiger partial charge in [0.1, 0.15) is 0 Å². The van der Waals surface area contributed by atoms with Crippen LogP contribution in [0.25, 0.3) is 0 Å². The molecule has 1 aliphatic rings. The van der Waals surface area contributed by atoms with Crippen LogP contribution >= 0.6 is 0 Å². The van der Waals surface area contributed by atoms with E-state index in [0.29, 0.717) is 6.04 Å². The molecule has 1 saturated heterocycles. The predicted molar refractivity (Wildman–Crippen MR) is 55.2 cm³/mol. The molecule has 1 heterocycles. The highest BCUT2D eigenvalue weighted by Crippen LogP contribution is 2.18. The van der Waals surface area contributed by atoms with Crippen molar-refractivity contribution in [2.75, 3.05) is 6.54 Å². The smallest absolute Gasteiger partial charge is 0.0669 e. The lowest BCUT2D eigenvalue weighted by molar-refractivity contribution is 0.153. The Morgan fingerprint density at radius 3 is 2.58 bits per heavy atom. The van der Waals surface area contributed by atoms with Gasteiger partial charge in [-0.1, -0.05) is 19.6 Å². The van der Waals surface area contributed by atoms with Crippen LogP contribution in [-0.4, -0.2) is 31.9 Å². The molecule has 0 aromatic carbocycles. The lowest BCUT2D eigenvalue weighted by Crippen LogP contribution is -2.39. The summed E-state index contributed by atoms with van der Waals surface area (Å²) in [6, 6.07) is 1.42. The minimum Gasteiger partial charge on any atom is -0.392 e. The monoisotopic (exact) mass is 187 g/mol. The summed E-state index contributed by atoms with van der Waals surface area (Å²) in [5, 5.41) is 13.2. The summed E-state index contributed by atoms with van der Waals surface area (Å²) in [5.41, 5.74) is 0. The van der Waals surface area contributed by atoms with Gasteiger partial charge in [-0.25, -0.2) is 0 Å². The molecule has 1 rings (SSSR count). The molecule has 0 amide bonds. The fraction of sp³-hybridized carbons (Fsp3) is 1.00. The molecular formula is C9H21NOSi. The van der Waals surface area contributed by atoms with Gasteiger partial charge in [0.2, 0.25) is 0 Å². The summed E-state index contributed by atoms with van der Waals surface area (Å²) < 4.78 is 0. The number of nitrogens with one attached hydrogen (secondary N) is 1. The first-order valence-corrected chi connectivity index (χ1v) is 8.61. The van der Waals surface area contributed by atoms with Crippen LogP contribution in [0.4, 0.5) is 0 Å². The van der Waals surface area contributed by atoms with E-state index in [-0.39, 0.29) is 6.10 Å². The molecule has 0 aromatic heterocycles. The Kier molecular flexibility index (Phi) is 3.32. The predicted octanol–water partition coefficient (Wildman–Crippen LogP) is 1.44. The van der Waals surface area contributed by atoms with E-state index < -0.39 is 8.07 Å². The molecule has 2 atom stereocenters. The van der Waals surface area contributed by atoms with Crippen molar-refractivity contribution in [3.8, 4) is 0 Å². The van der Waals surface area contributed by atoms with Gasteiger partial charge in [-0.2, -0.15) is 0 Å². The van der Waals surface area contributed by atoms with Gasteiger partial charge in [-0.15, -0.1) is 0 Å². The van der Waals surface area contributed by atoms with E-state index in [1.165, 1.54) is 6.42 Å². The average molecular weight is 187 g/mol. The maximum atomic E-state index is 9.86. The van der Waals surface area contributed by atoms with Crippen molar-refractivity contribution in [1.82, 2.24) is 5.32 Å². The lowest BCUT2D eigenvalue weighted by atomic mass is 10.1. The standard InChI is InChI=1S/C9H21NOSi/c1-12(2,3)7-9(11)8-5-4-6-10-8/h8-11H,4-7H2,1-3H3/t8?,9-/m1/s1. The van der Waals surface area contributed by atoms with E-state index in [2.05, 4.69) is 25.0 Å². The maximum Gasteiger partial charge on any atom is 0.0669 e. The van der Waals surface area contributed by atoms with Crippen molar-refractivity contribution in [3.05, 3.63) is 0 Å². The third-order valence-electron chi connectivity index (χ3n) is 2.38. The van der Waals surface area contributed by atoms with Crippen LogP contribution in [0.15, 0.2) is 0 Å². The van der Waals surface area contributed by atoms with Gasteiger partial charge in [-0.3, -0.25) is 0 Å². The summed E-state index contributed by atoms with van der Waals surface area (Å²) in [4.78, 5) is 0. The zero-order valence-electron chi connectivity index (χ0n) is 8.43. The van der Waals surface area contributed by atoms with E-state index >= 15 is 0 Å². The number of rotatable bonds is 3. The Morgan fingerprint density at radius 1 is 1.50 bits per heavy atom. The first kappa shape index (κ1) is 10.2. The SMILES string of the molecule is C[Si](C)(C)C[C@@H](O)C1CCCN1. The van der Waals surface area contributed by atoms with E-state index in [0.717, 1.165) is 19.0 Å². The topological polar surface area (TPSA) is 32.3 Å². The molecule has 72 valence electrons. The van der Waals surface area contributed by atoms with Crippen LogP contribution in [0.1, 0.15) is 12.8 Å². The minimum atomic E-state index is -1.08. The average Bonchev–Trinajstić information content (AvgIpc) is 2.32. The van der Waals surface area contributed by atoms with Crippen LogP contribution in [0.3, 0.4) is 0 Å². The van der Waals surface area contributed by atoms with Gasteiger partial charge in [0, 0.05) is 14.1 Å². The Bertz CT molecular complexity index is 138. The number of aliphatic hydroxyl groups is 1. The van der Waals surface area contributed by atoms with Crippen molar-refractivity contribution >= 4 is 8.07 Å². The summed E-state index contributed by atoms with van der Waals surface area (Å²) in [6.45, 7) is 8.02. The van der Waals surface area contributed by atoms with Crippen molar-refractivity contribution in [2.24, 2.45) is 0 Å². The highest BCUT2D eigenvalue weighted by molar-refractivity contribution is 6.76. The first-order chi connectivity index (χ1) is 5.49. The number of hydrogen-bond donors (Lipinski definition) is 2. The van der Waals surface area contributed by atoms with Gasteiger partial charge in [0.15, 0.2) is 0 Å². The molecule has 0 spiro atoms. The second-order valence-electron chi connectivity index (χ2n) is 5.03. The van der Waals surface area contributed by atoms with E-state index in [9.17, 15) is 5.11 Å². The van der Waals surface area contributed by atoms with Crippen LogP contribution in [0.2, 0.25) is 25.7 Å². The van der Waals surface area contributed by atoms with E-state index in [4.69, 9.17) is 0 Å². The fourth-order valence-corrected chi connectivity index (χ4v) is 3.35. The summed E-state index contributed by atoms with van der Waals surface area (Å²) in [7, 11) is -1.08. The highest BCUT2D eigenvalue weighted by Gasteiger charge is 2.27. The molecule has 0 radical (unpaired) electrons. The van der Waals surface area contributed by atoms with Gasteiger partial charge in [0.25, 0.3) is 0 Å². The number of hydrogen-bond acceptors (Lipinski definition) is 2. The third-order valence-corrected chi connectivity index (χ3v) is 4.03. The Hall–Kier alpha value is 0.137. The van der Waals surface area contributed by atoms with Crippen molar-refractivity contribution < 1.29 is 5.11 Å². The Labute approximate surface area is 76.4 Å². The van der Waals surface area contributed by atoms with Crippen molar-refractivity contribution in [1.29, 1.82) is 0 Å². The van der Waals surface area contributed by atoms with E-state index in [1.54, 1.807) is 0 Å². The molecule has 3 heteroatoms. The Morgan fingerprint density at radius 2 is 2.17 bits per heavy atom. The quantitative estimate of drug-likeness (QED) is 0.655. The molecule has 12 heavy (non-hydrogen) atoms. The molecule has 0 aliphatic carbocycles. The molecule has 1 aliphatic heterocycles. The molecule has 1 unspecified atom stereocenters. The zero-order valence-corrected chi connectivity index (χ0v) is 9.43.